The van der Waals surface area contributed by atoms with Crippen molar-refractivity contribution in [3.8, 4) is 11.5 Å². The molecule has 1 amide bonds. The number of nitrogens with one attached hydrogen (secondary N) is 1. The van der Waals surface area contributed by atoms with Gasteiger partial charge in [-0.1, -0.05) is 11.6 Å². The van der Waals surface area contributed by atoms with Crippen molar-refractivity contribution in [3.05, 3.63) is 53.6 Å². The highest BCUT2D eigenvalue weighted by molar-refractivity contribution is 6.30. The fraction of sp³-hybridized carbons (Fsp3) is 0.435. The first-order valence-electron chi connectivity index (χ1n) is 10.4. The summed E-state index contributed by atoms with van der Waals surface area (Å²) >= 11 is 5.89. The first-order valence-corrected chi connectivity index (χ1v) is 10.8. The lowest BCUT2D eigenvalue weighted by atomic mass is 10.2. The molecule has 1 atom stereocenters. The van der Waals surface area contributed by atoms with E-state index < -0.39 is 0 Å². The van der Waals surface area contributed by atoms with Gasteiger partial charge in [-0.2, -0.15) is 0 Å². The zero-order valence-electron chi connectivity index (χ0n) is 17.6. The number of benzene rings is 2. The third-order valence-electron chi connectivity index (χ3n) is 5.26. The highest BCUT2D eigenvalue weighted by Crippen LogP contribution is 2.17. The van der Waals surface area contributed by atoms with Crippen LogP contribution in [0.5, 0.6) is 11.5 Å². The average Bonchev–Trinajstić information content (AvgIpc) is 2.76. The number of hydrogen-bond donors (Lipinski definition) is 1. The van der Waals surface area contributed by atoms with Gasteiger partial charge < -0.3 is 14.8 Å². The molecule has 6 nitrogen and oxygen atoms in total. The van der Waals surface area contributed by atoms with E-state index in [1.807, 2.05) is 62.4 Å². The lowest BCUT2D eigenvalue weighted by Crippen LogP contribution is -2.53. The van der Waals surface area contributed by atoms with E-state index in [0.717, 1.165) is 49.9 Å². The van der Waals surface area contributed by atoms with Crippen LogP contribution in [0.3, 0.4) is 0 Å². The summed E-state index contributed by atoms with van der Waals surface area (Å²) in [6.07, 6.45) is 0. The molecule has 2 aromatic rings. The van der Waals surface area contributed by atoms with Crippen LogP contribution in [0.4, 0.5) is 5.69 Å². The first-order chi connectivity index (χ1) is 14.5. The van der Waals surface area contributed by atoms with Gasteiger partial charge in [0.1, 0.15) is 18.1 Å². The van der Waals surface area contributed by atoms with E-state index in [-0.39, 0.29) is 11.9 Å². The van der Waals surface area contributed by atoms with Gasteiger partial charge in [-0.3, -0.25) is 14.6 Å². The zero-order chi connectivity index (χ0) is 21.3. The number of amides is 1. The zero-order valence-corrected chi connectivity index (χ0v) is 18.4. The quantitative estimate of drug-likeness (QED) is 0.655. The smallest absolute Gasteiger partial charge is 0.241 e. The fourth-order valence-corrected chi connectivity index (χ4v) is 3.54. The Morgan fingerprint density at radius 1 is 1.00 bits per heavy atom. The highest BCUT2D eigenvalue weighted by Gasteiger charge is 2.25. The van der Waals surface area contributed by atoms with Crippen LogP contribution in [0.2, 0.25) is 5.02 Å². The summed E-state index contributed by atoms with van der Waals surface area (Å²) in [6, 6.07) is 14.7. The van der Waals surface area contributed by atoms with Crippen LogP contribution in [-0.4, -0.2) is 67.7 Å². The summed E-state index contributed by atoms with van der Waals surface area (Å²) in [5.74, 6) is 1.65. The van der Waals surface area contributed by atoms with Crippen molar-refractivity contribution in [2.24, 2.45) is 0 Å². The molecule has 1 saturated heterocycles. The van der Waals surface area contributed by atoms with Crippen LogP contribution in [0.1, 0.15) is 13.8 Å². The standard InChI is InChI=1S/C23H30ClN3O3/c1-3-29-21-10-6-20(7-11-21)25-23(28)18(2)27-14-12-26(13-15-27)16-17-30-22-8-4-19(24)5-9-22/h4-11,18H,3,12-17H2,1-2H3,(H,25,28). The number of carbonyl (C=O) groups is 1. The number of rotatable bonds is 9. The SMILES string of the molecule is CCOc1ccc(NC(=O)C(C)N2CCN(CCOc3ccc(Cl)cc3)CC2)cc1. The summed E-state index contributed by atoms with van der Waals surface area (Å²) in [4.78, 5) is 17.2. The number of nitrogens with zero attached hydrogens (tertiary/aromatic N) is 2. The van der Waals surface area contributed by atoms with E-state index in [1.54, 1.807) is 0 Å². The Hall–Kier alpha value is -2.28. The molecular formula is C23H30ClN3O3. The summed E-state index contributed by atoms with van der Waals surface area (Å²) in [7, 11) is 0. The van der Waals surface area contributed by atoms with Crippen LogP contribution >= 0.6 is 11.6 Å². The van der Waals surface area contributed by atoms with Crippen molar-refractivity contribution in [2.45, 2.75) is 19.9 Å². The van der Waals surface area contributed by atoms with Crippen molar-refractivity contribution in [3.63, 3.8) is 0 Å². The van der Waals surface area contributed by atoms with E-state index in [0.29, 0.717) is 18.2 Å². The van der Waals surface area contributed by atoms with Crippen LogP contribution < -0.4 is 14.8 Å². The Bertz CT molecular complexity index is 790. The van der Waals surface area contributed by atoms with Gasteiger partial charge in [-0.05, 0) is 62.4 Å². The number of halogens is 1. The maximum absolute atomic E-state index is 12.6. The lowest BCUT2D eigenvalue weighted by Gasteiger charge is -2.37. The van der Waals surface area contributed by atoms with Crippen molar-refractivity contribution < 1.29 is 14.3 Å². The molecule has 1 aliphatic rings. The van der Waals surface area contributed by atoms with Crippen LogP contribution in [-0.2, 0) is 4.79 Å². The monoisotopic (exact) mass is 431 g/mol. The third-order valence-corrected chi connectivity index (χ3v) is 5.51. The molecule has 162 valence electrons. The molecule has 0 radical (unpaired) electrons. The number of carbonyl (C=O) groups excluding carboxylic acids is 1. The Balaban J connectivity index is 1.38. The maximum Gasteiger partial charge on any atom is 0.241 e. The third kappa shape index (κ3) is 6.62. The number of anilines is 1. The second-order valence-corrected chi connectivity index (χ2v) is 7.74. The minimum Gasteiger partial charge on any atom is -0.494 e. The molecule has 1 unspecified atom stereocenters. The van der Waals surface area contributed by atoms with Gasteiger partial charge in [-0.25, -0.2) is 0 Å². The fourth-order valence-electron chi connectivity index (χ4n) is 3.41. The molecule has 1 aliphatic heterocycles. The van der Waals surface area contributed by atoms with E-state index in [9.17, 15) is 4.79 Å². The molecule has 7 heteroatoms. The number of ether oxygens (including phenoxy) is 2. The van der Waals surface area contributed by atoms with E-state index >= 15 is 0 Å². The minimum atomic E-state index is -0.177. The molecule has 3 rings (SSSR count). The van der Waals surface area contributed by atoms with Gasteiger partial charge in [0.25, 0.3) is 0 Å². The topological polar surface area (TPSA) is 54.0 Å². The second kappa shape index (κ2) is 11.2. The molecule has 0 spiro atoms. The Labute approximate surface area is 183 Å². The molecule has 1 heterocycles. The molecular weight excluding hydrogens is 402 g/mol. The molecule has 2 aromatic carbocycles. The van der Waals surface area contributed by atoms with Gasteiger partial charge in [0, 0.05) is 43.4 Å². The lowest BCUT2D eigenvalue weighted by molar-refractivity contribution is -0.121. The van der Waals surface area contributed by atoms with Crippen molar-refractivity contribution in [2.75, 3.05) is 51.3 Å². The van der Waals surface area contributed by atoms with Gasteiger partial charge in [0.2, 0.25) is 5.91 Å². The largest absolute Gasteiger partial charge is 0.494 e. The van der Waals surface area contributed by atoms with E-state index in [1.165, 1.54) is 0 Å². The summed E-state index contributed by atoms with van der Waals surface area (Å²) in [6.45, 7) is 9.60. The van der Waals surface area contributed by atoms with Crippen LogP contribution in [0.25, 0.3) is 0 Å². The molecule has 0 bridgehead atoms. The van der Waals surface area contributed by atoms with Gasteiger partial charge >= 0.3 is 0 Å². The predicted molar refractivity (Wildman–Crippen MR) is 121 cm³/mol. The summed E-state index contributed by atoms with van der Waals surface area (Å²) in [5.41, 5.74) is 0.785. The van der Waals surface area contributed by atoms with Gasteiger partial charge in [0.15, 0.2) is 0 Å². The first kappa shape index (κ1) is 22.4. The van der Waals surface area contributed by atoms with Crippen molar-refractivity contribution >= 4 is 23.2 Å². The second-order valence-electron chi connectivity index (χ2n) is 7.30. The number of hydrogen-bond acceptors (Lipinski definition) is 5. The Morgan fingerprint density at radius 3 is 2.23 bits per heavy atom. The maximum atomic E-state index is 12.6. The van der Waals surface area contributed by atoms with Crippen molar-refractivity contribution in [1.29, 1.82) is 0 Å². The van der Waals surface area contributed by atoms with Crippen molar-refractivity contribution in [1.82, 2.24) is 9.80 Å². The predicted octanol–water partition coefficient (Wildman–Crippen LogP) is 3.76. The molecule has 30 heavy (non-hydrogen) atoms. The minimum absolute atomic E-state index is 0.0127. The van der Waals surface area contributed by atoms with Gasteiger partial charge in [-0.15, -0.1) is 0 Å². The molecule has 0 aliphatic carbocycles. The number of piperazine rings is 1. The van der Waals surface area contributed by atoms with E-state index in [2.05, 4.69) is 15.1 Å². The average molecular weight is 432 g/mol. The Kier molecular flexibility index (Phi) is 8.37. The highest BCUT2D eigenvalue weighted by atomic mass is 35.5. The van der Waals surface area contributed by atoms with Crippen LogP contribution in [0, 0.1) is 0 Å². The normalized spacial score (nSPS) is 16.1. The summed E-state index contributed by atoms with van der Waals surface area (Å²) < 4.78 is 11.2. The summed E-state index contributed by atoms with van der Waals surface area (Å²) in [5, 5.41) is 3.70. The van der Waals surface area contributed by atoms with E-state index in [4.69, 9.17) is 21.1 Å². The van der Waals surface area contributed by atoms with Crippen LogP contribution in [0.15, 0.2) is 48.5 Å². The molecule has 0 aromatic heterocycles. The molecule has 1 fully saturated rings. The Morgan fingerprint density at radius 2 is 1.60 bits per heavy atom. The molecule has 0 saturated carbocycles. The molecule has 1 N–H and O–H groups in total. The van der Waals surface area contributed by atoms with Gasteiger partial charge in [0.05, 0.1) is 12.6 Å².